The topological polar surface area (TPSA) is 53.8 Å². The molecule has 0 radical (unpaired) electrons. The van der Waals surface area contributed by atoms with Crippen molar-refractivity contribution in [2.75, 3.05) is 13.2 Å². The van der Waals surface area contributed by atoms with Crippen molar-refractivity contribution in [2.45, 2.75) is 58.1 Å². The Morgan fingerprint density at radius 2 is 2.04 bits per heavy atom. The first-order valence-corrected chi connectivity index (χ1v) is 9.27. The van der Waals surface area contributed by atoms with E-state index in [1.165, 1.54) is 12.0 Å². The Kier molecular flexibility index (Phi) is 8.03. The van der Waals surface area contributed by atoms with Crippen LogP contribution in [-0.2, 0) is 11.3 Å². The van der Waals surface area contributed by atoms with Gasteiger partial charge in [-0.15, -0.1) is 0 Å². The first-order valence-electron chi connectivity index (χ1n) is 8.89. The molecule has 0 spiro atoms. The summed E-state index contributed by atoms with van der Waals surface area (Å²) in [5.41, 5.74) is 2.40. The number of aliphatic hydroxyl groups is 1. The molecule has 0 aromatic heterocycles. The summed E-state index contributed by atoms with van der Waals surface area (Å²) in [7, 11) is 0. The van der Waals surface area contributed by atoms with Gasteiger partial charge in [0.15, 0.2) is 0 Å². The van der Waals surface area contributed by atoms with Crippen LogP contribution >= 0.6 is 11.6 Å². The second-order valence-corrected chi connectivity index (χ2v) is 7.30. The summed E-state index contributed by atoms with van der Waals surface area (Å²) in [5, 5.41) is 18.2. The number of aliphatic hydroxyl groups excluding tert-OH is 1. The Balaban J connectivity index is 1.85. The summed E-state index contributed by atoms with van der Waals surface area (Å²) in [4.78, 5) is 5.43. The molecule has 1 aromatic carbocycles. The van der Waals surface area contributed by atoms with Crippen LogP contribution < -0.4 is 5.32 Å². The lowest BCUT2D eigenvalue weighted by Gasteiger charge is -2.24. The van der Waals surface area contributed by atoms with Crippen LogP contribution in [0.2, 0.25) is 5.02 Å². The second kappa shape index (κ2) is 10.0. The maximum absolute atomic E-state index is 9.89. The van der Waals surface area contributed by atoms with Crippen LogP contribution in [0.1, 0.15) is 45.1 Å². The van der Waals surface area contributed by atoms with E-state index in [9.17, 15) is 5.11 Å². The third-order valence-corrected chi connectivity index (χ3v) is 4.56. The molecule has 134 valence electrons. The van der Waals surface area contributed by atoms with Gasteiger partial charge in [-0.1, -0.05) is 49.2 Å². The molecule has 2 rings (SSSR count). The summed E-state index contributed by atoms with van der Waals surface area (Å²) < 4.78 is 0. The van der Waals surface area contributed by atoms with E-state index in [1.54, 1.807) is 0 Å². The van der Waals surface area contributed by atoms with Gasteiger partial charge in [0, 0.05) is 23.5 Å². The average Bonchev–Trinajstić information content (AvgIpc) is 2.56. The van der Waals surface area contributed by atoms with E-state index in [2.05, 4.69) is 36.5 Å². The van der Waals surface area contributed by atoms with E-state index in [0.29, 0.717) is 18.5 Å². The molecule has 24 heavy (non-hydrogen) atoms. The van der Waals surface area contributed by atoms with Gasteiger partial charge in [-0.3, -0.25) is 0 Å². The normalized spacial score (nSPS) is 21.2. The number of oxime groups is 1. The van der Waals surface area contributed by atoms with Gasteiger partial charge in [-0.2, -0.15) is 0 Å². The van der Waals surface area contributed by atoms with Crippen LogP contribution in [-0.4, -0.2) is 36.1 Å². The fraction of sp³-hybridized carbons (Fsp3) is 0.632. The van der Waals surface area contributed by atoms with Crippen LogP contribution in [0.25, 0.3) is 0 Å². The standard InChI is InChI=1S/C19H29ClN2O2/c1-14(2)21-12-18(23)13-24-22-19-6-4-3-5-16(19)11-15-7-9-17(20)10-8-15/h7-10,14,16,18,21,23H,3-6,11-13H2,1-2H3/b22-19+. The van der Waals surface area contributed by atoms with Gasteiger partial charge >= 0.3 is 0 Å². The molecule has 5 heteroatoms. The van der Waals surface area contributed by atoms with Gasteiger partial charge < -0.3 is 15.3 Å². The van der Waals surface area contributed by atoms with Crippen molar-refractivity contribution in [1.29, 1.82) is 0 Å². The van der Waals surface area contributed by atoms with Gasteiger partial charge in [0.05, 0.1) is 5.71 Å². The first kappa shape index (κ1) is 19.2. The Labute approximate surface area is 150 Å². The molecule has 0 amide bonds. The number of rotatable bonds is 8. The Hall–Kier alpha value is -1.10. The lowest BCUT2D eigenvalue weighted by Crippen LogP contribution is -2.34. The molecular weight excluding hydrogens is 324 g/mol. The van der Waals surface area contributed by atoms with Crippen molar-refractivity contribution in [3.05, 3.63) is 34.9 Å². The van der Waals surface area contributed by atoms with E-state index in [-0.39, 0.29) is 6.61 Å². The minimum atomic E-state index is -0.532. The highest BCUT2D eigenvalue weighted by atomic mass is 35.5. The zero-order valence-corrected chi connectivity index (χ0v) is 15.4. The first-order chi connectivity index (χ1) is 11.5. The number of halogens is 1. The Morgan fingerprint density at radius 3 is 2.75 bits per heavy atom. The number of hydrogen-bond acceptors (Lipinski definition) is 4. The zero-order valence-electron chi connectivity index (χ0n) is 14.7. The average molecular weight is 353 g/mol. The minimum Gasteiger partial charge on any atom is -0.393 e. The molecule has 1 aromatic rings. The van der Waals surface area contributed by atoms with Gasteiger partial charge in [-0.25, -0.2) is 0 Å². The molecule has 2 unspecified atom stereocenters. The van der Waals surface area contributed by atoms with E-state index in [4.69, 9.17) is 16.4 Å². The molecule has 2 N–H and O–H groups in total. The molecule has 1 fully saturated rings. The van der Waals surface area contributed by atoms with E-state index in [1.807, 2.05) is 12.1 Å². The minimum absolute atomic E-state index is 0.233. The molecule has 4 nitrogen and oxygen atoms in total. The predicted octanol–water partition coefficient (Wildman–Crippen LogP) is 3.80. The molecule has 0 saturated heterocycles. The smallest absolute Gasteiger partial charge is 0.144 e. The van der Waals surface area contributed by atoms with Crippen LogP contribution in [0.4, 0.5) is 0 Å². The van der Waals surface area contributed by atoms with Gasteiger partial charge in [0.1, 0.15) is 12.7 Å². The van der Waals surface area contributed by atoms with Crippen molar-refractivity contribution >= 4 is 17.3 Å². The van der Waals surface area contributed by atoms with Crippen molar-refractivity contribution < 1.29 is 9.94 Å². The predicted molar refractivity (Wildman–Crippen MR) is 99.6 cm³/mol. The summed E-state index contributed by atoms with van der Waals surface area (Å²) in [5.74, 6) is 0.422. The monoisotopic (exact) mass is 352 g/mol. The molecule has 0 heterocycles. The lowest BCUT2D eigenvalue weighted by atomic mass is 9.83. The fourth-order valence-corrected chi connectivity index (χ4v) is 3.08. The quantitative estimate of drug-likeness (QED) is 0.699. The maximum Gasteiger partial charge on any atom is 0.144 e. The summed E-state index contributed by atoms with van der Waals surface area (Å²) in [6.45, 7) is 4.86. The van der Waals surface area contributed by atoms with Crippen LogP contribution in [0.3, 0.4) is 0 Å². The number of nitrogens with zero attached hydrogens (tertiary/aromatic N) is 1. The van der Waals surface area contributed by atoms with Crippen molar-refractivity contribution in [3.8, 4) is 0 Å². The molecular formula is C19H29ClN2O2. The number of nitrogens with one attached hydrogen (secondary N) is 1. The zero-order chi connectivity index (χ0) is 17.4. The van der Waals surface area contributed by atoms with Crippen molar-refractivity contribution in [3.63, 3.8) is 0 Å². The Morgan fingerprint density at radius 1 is 1.29 bits per heavy atom. The third-order valence-electron chi connectivity index (χ3n) is 4.31. The molecule has 1 aliphatic carbocycles. The molecule has 0 aliphatic heterocycles. The van der Waals surface area contributed by atoms with Crippen LogP contribution in [0.5, 0.6) is 0 Å². The largest absolute Gasteiger partial charge is 0.393 e. The fourth-order valence-electron chi connectivity index (χ4n) is 2.95. The SMILES string of the molecule is CC(C)NCC(O)CO/N=C1\CCCCC1Cc1ccc(Cl)cc1. The van der Waals surface area contributed by atoms with Gasteiger partial charge in [0.25, 0.3) is 0 Å². The van der Waals surface area contributed by atoms with E-state index >= 15 is 0 Å². The van der Waals surface area contributed by atoms with Gasteiger partial charge in [-0.05, 0) is 43.4 Å². The third kappa shape index (κ3) is 6.80. The molecule has 2 atom stereocenters. The van der Waals surface area contributed by atoms with Crippen LogP contribution in [0, 0.1) is 5.92 Å². The van der Waals surface area contributed by atoms with Crippen LogP contribution in [0.15, 0.2) is 29.4 Å². The van der Waals surface area contributed by atoms with E-state index in [0.717, 1.165) is 36.4 Å². The summed E-state index contributed by atoms with van der Waals surface area (Å²) in [6, 6.07) is 8.39. The highest BCUT2D eigenvalue weighted by Crippen LogP contribution is 2.26. The van der Waals surface area contributed by atoms with Gasteiger partial charge in [0.2, 0.25) is 0 Å². The molecule has 1 saturated carbocycles. The highest BCUT2D eigenvalue weighted by molar-refractivity contribution is 6.30. The summed E-state index contributed by atoms with van der Waals surface area (Å²) in [6.07, 6.45) is 4.96. The second-order valence-electron chi connectivity index (χ2n) is 6.87. The molecule has 1 aliphatic rings. The van der Waals surface area contributed by atoms with Crippen molar-refractivity contribution in [2.24, 2.45) is 11.1 Å². The maximum atomic E-state index is 9.89. The number of hydrogen-bond donors (Lipinski definition) is 2. The summed E-state index contributed by atoms with van der Waals surface area (Å²) >= 11 is 5.95. The molecule has 0 bridgehead atoms. The van der Waals surface area contributed by atoms with E-state index < -0.39 is 6.10 Å². The van der Waals surface area contributed by atoms with Crippen molar-refractivity contribution in [1.82, 2.24) is 5.32 Å². The number of benzene rings is 1. The Bertz CT molecular complexity index is 517. The highest BCUT2D eigenvalue weighted by Gasteiger charge is 2.21. The lowest BCUT2D eigenvalue weighted by molar-refractivity contribution is 0.0382.